The molecule has 1 aromatic carbocycles. The average molecular weight is 305 g/mol. The van der Waals surface area contributed by atoms with Gasteiger partial charge in [-0.1, -0.05) is 66.5 Å². The van der Waals surface area contributed by atoms with E-state index in [1.165, 1.54) is 0 Å². The molecule has 6 heteroatoms. The van der Waals surface area contributed by atoms with Crippen LogP contribution >= 0.6 is 24.0 Å². The lowest BCUT2D eigenvalue weighted by Gasteiger charge is -2.09. The number of carbonyl (C=O) groups excluding carboxylic acids is 1. The van der Waals surface area contributed by atoms with E-state index in [-0.39, 0.29) is 10.2 Å². The number of aliphatic carboxylic acids is 1. The van der Waals surface area contributed by atoms with Crippen LogP contribution in [0.2, 0.25) is 0 Å². The summed E-state index contributed by atoms with van der Waals surface area (Å²) in [6.45, 7) is -0.398. The van der Waals surface area contributed by atoms with E-state index >= 15 is 0 Å². The number of thioether (sulfide) groups is 1. The largest absolute Gasteiger partial charge is 0.480 e. The van der Waals surface area contributed by atoms with Crippen molar-refractivity contribution in [2.45, 2.75) is 0 Å². The second-order valence-electron chi connectivity index (χ2n) is 3.95. The molecule has 0 saturated carbocycles. The van der Waals surface area contributed by atoms with Gasteiger partial charge in [-0.2, -0.15) is 0 Å². The Balaban J connectivity index is 2.08. The maximum absolute atomic E-state index is 11.9. The van der Waals surface area contributed by atoms with Gasteiger partial charge in [-0.15, -0.1) is 0 Å². The van der Waals surface area contributed by atoms with Gasteiger partial charge in [0.2, 0.25) is 0 Å². The molecule has 2 rings (SSSR count). The van der Waals surface area contributed by atoms with Gasteiger partial charge in [0, 0.05) is 0 Å². The van der Waals surface area contributed by atoms with Gasteiger partial charge in [0.05, 0.1) is 4.91 Å². The number of amides is 1. The van der Waals surface area contributed by atoms with Crippen molar-refractivity contribution in [1.29, 1.82) is 0 Å². The Bertz CT molecular complexity index is 608. The van der Waals surface area contributed by atoms with E-state index < -0.39 is 12.5 Å². The van der Waals surface area contributed by atoms with Crippen LogP contribution in [0, 0.1) is 0 Å². The molecule has 0 spiro atoms. The number of thiocarbonyl (C=S) groups is 1. The molecule has 0 unspecified atom stereocenters. The van der Waals surface area contributed by atoms with E-state index in [2.05, 4.69) is 0 Å². The van der Waals surface area contributed by atoms with E-state index in [9.17, 15) is 9.59 Å². The zero-order chi connectivity index (χ0) is 14.5. The molecule has 0 aliphatic carbocycles. The monoisotopic (exact) mass is 305 g/mol. The van der Waals surface area contributed by atoms with Crippen molar-refractivity contribution in [1.82, 2.24) is 4.90 Å². The molecule has 0 atom stereocenters. The summed E-state index contributed by atoms with van der Waals surface area (Å²) in [5.41, 5.74) is 1.02. The fourth-order valence-corrected chi connectivity index (χ4v) is 2.80. The molecule has 1 fully saturated rings. The Hall–Kier alpha value is -1.92. The van der Waals surface area contributed by atoms with Gasteiger partial charge in [-0.05, 0) is 11.6 Å². The second-order valence-corrected chi connectivity index (χ2v) is 5.63. The van der Waals surface area contributed by atoms with Crippen molar-refractivity contribution in [2.24, 2.45) is 0 Å². The number of benzene rings is 1. The van der Waals surface area contributed by atoms with Crippen molar-refractivity contribution < 1.29 is 14.7 Å². The smallest absolute Gasteiger partial charge is 0.323 e. The lowest BCUT2D eigenvalue weighted by molar-refractivity contribution is -0.140. The standard InChI is InChI=1S/C14H11NO3S2/c16-12(17)9-15-13(18)11(20-14(15)19)8-4-7-10-5-2-1-3-6-10/h1-8H,9H2,(H,16,17)/b7-4+,11-8+. The second kappa shape index (κ2) is 6.49. The normalized spacial score (nSPS) is 17.4. The van der Waals surface area contributed by atoms with Crippen molar-refractivity contribution in [2.75, 3.05) is 6.54 Å². The van der Waals surface area contributed by atoms with Crippen molar-refractivity contribution in [3.05, 3.63) is 53.0 Å². The van der Waals surface area contributed by atoms with Crippen LogP contribution < -0.4 is 0 Å². The Morgan fingerprint density at radius 3 is 2.70 bits per heavy atom. The lowest BCUT2D eigenvalue weighted by atomic mass is 10.2. The van der Waals surface area contributed by atoms with Gasteiger partial charge < -0.3 is 5.11 Å². The van der Waals surface area contributed by atoms with Crippen LogP contribution in [0.5, 0.6) is 0 Å². The fourth-order valence-electron chi connectivity index (χ4n) is 1.60. The Morgan fingerprint density at radius 1 is 1.35 bits per heavy atom. The summed E-state index contributed by atoms with van der Waals surface area (Å²) in [7, 11) is 0. The van der Waals surface area contributed by atoms with Crippen LogP contribution in [0.1, 0.15) is 5.56 Å². The van der Waals surface area contributed by atoms with Gasteiger partial charge in [-0.25, -0.2) is 0 Å². The SMILES string of the molecule is O=C(O)CN1C(=O)/C(=C\C=C\c2ccccc2)SC1=S. The van der Waals surface area contributed by atoms with Crippen LogP contribution in [0.25, 0.3) is 6.08 Å². The van der Waals surface area contributed by atoms with Gasteiger partial charge in [0.1, 0.15) is 10.9 Å². The van der Waals surface area contributed by atoms with E-state index in [0.717, 1.165) is 22.2 Å². The van der Waals surface area contributed by atoms with Crippen LogP contribution in [0.15, 0.2) is 47.4 Å². The Kier molecular flexibility index (Phi) is 4.70. The maximum Gasteiger partial charge on any atom is 0.323 e. The molecule has 20 heavy (non-hydrogen) atoms. The highest BCUT2D eigenvalue weighted by Crippen LogP contribution is 2.30. The lowest BCUT2D eigenvalue weighted by Crippen LogP contribution is -2.33. The van der Waals surface area contributed by atoms with Gasteiger partial charge >= 0.3 is 5.97 Å². The van der Waals surface area contributed by atoms with Gasteiger partial charge in [0.15, 0.2) is 0 Å². The first kappa shape index (κ1) is 14.5. The number of carboxylic acid groups (broad SMARTS) is 1. The minimum atomic E-state index is -1.08. The molecule has 1 aromatic rings. The van der Waals surface area contributed by atoms with Crippen molar-refractivity contribution >= 4 is 46.3 Å². The third kappa shape index (κ3) is 3.55. The molecule has 1 amide bonds. The molecule has 1 aliphatic heterocycles. The predicted octanol–water partition coefficient (Wildman–Crippen LogP) is 2.53. The van der Waals surface area contributed by atoms with Crippen LogP contribution in [0.3, 0.4) is 0 Å². The third-order valence-electron chi connectivity index (χ3n) is 2.50. The van der Waals surface area contributed by atoms with Gasteiger partial charge in [-0.3, -0.25) is 14.5 Å². The van der Waals surface area contributed by atoms with Crippen LogP contribution in [-0.4, -0.2) is 32.7 Å². The maximum atomic E-state index is 11.9. The molecule has 0 bridgehead atoms. The minimum Gasteiger partial charge on any atom is -0.480 e. The van der Waals surface area contributed by atoms with E-state index in [1.54, 1.807) is 12.2 Å². The highest BCUT2D eigenvalue weighted by molar-refractivity contribution is 8.26. The summed E-state index contributed by atoms with van der Waals surface area (Å²) in [4.78, 5) is 24.1. The van der Waals surface area contributed by atoms with Gasteiger partial charge in [0.25, 0.3) is 5.91 Å². The summed E-state index contributed by atoms with van der Waals surface area (Å²) in [6, 6.07) is 9.66. The summed E-state index contributed by atoms with van der Waals surface area (Å²) < 4.78 is 0.275. The van der Waals surface area contributed by atoms with E-state index in [4.69, 9.17) is 17.3 Å². The number of allylic oxidation sites excluding steroid dienone is 2. The van der Waals surface area contributed by atoms with Crippen LogP contribution in [0.4, 0.5) is 0 Å². The van der Waals surface area contributed by atoms with Crippen LogP contribution in [-0.2, 0) is 9.59 Å². The Labute approximate surface area is 125 Å². The number of rotatable bonds is 4. The molecule has 0 radical (unpaired) electrons. The topological polar surface area (TPSA) is 57.6 Å². The average Bonchev–Trinajstić information content (AvgIpc) is 2.67. The summed E-state index contributed by atoms with van der Waals surface area (Å²) in [6.07, 6.45) is 5.26. The summed E-state index contributed by atoms with van der Waals surface area (Å²) in [5, 5.41) is 8.72. The summed E-state index contributed by atoms with van der Waals surface area (Å²) in [5.74, 6) is -1.44. The van der Waals surface area contributed by atoms with E-state index in [0.29, 0.717) is 4.91 Å². The molecule has 102 valence electrons. The Morgan fingerprint density at radius 2 is 2.05 bits per heavy atom. The number of nitrogens with zero attached hydrogens (tertiary/aromatic N) is 1. The minimum absolute atomic E-state index is 0.275. The third-order valence-corrected chi connectivity index (χ3v) is 3.90. The predicted molar refractivity (Wildman–Crippen MR) is 83.1 cm³/mol. The van der Waals surface area contributed by atoms with Crippen molar-refractivity contribution in [3.63, 3.8) is 0 Å². The number of hydrogen-bond acceptors (Lipinski definition) is 4. The number of carboxylic acids is 1. The molecule has 0 aromatic heterocycles. The fraction of sp³-hybridized carbons (Fsp3) is 0.0714. The number of carbonyl (C=O) groups is 2. The zero-order valence-corrected chi connectivity index (χ0v) is 12.0. The molecule has 1 aliphatic rings. The molecule has 1 saturated heterocycles. The molecular formula is C14H11NO3S2. The molecule has 4 nitrogen and oxygen atoms in total. The van der Waals surface area contributed by atoms with Crippen molar-refractivity contribution in [3.8, 4) is 0 Å². The zero-order valence-electron chi connectivity index (χ0n) is 10.4. The molecule has 1 N–H and O–H groups in total. The number of hydrogen-bond donors (Lipinski definition) is 1. The van der Waals surface area contributed by atoms with E-state index in [1.807, 2.05) is 36.4 Å². The first-order valence-corrected chi connectivity index (χ1v) is 6.99. The first-order valence-electron chi connectivity index (χ1n) is 5.77. The molecule has 1 heterocycles. The highest BCUT2D eigenvalue weighted by Gasteiger charge is 2.32. The highest BCUT2D eigenvalue weighted by atomic mass is 32.2. The quantitative estimate of drug-likeness (QED) is 0.684. The summed E-state index contributed by atoms with van der Waals surface area (Å²) >= 11 is 6.11. The first-order chi connectivity index (χ1) is 9.58. The molecular weight excluding hydrogens is 294 g/mol.